The molecule has 2 aromatic carbocycles. The maximum Gasteiger partial charge on any atom is 0.244 e. The van der Waals surface area contributed by atoms with Crippen LogP contribution in [0.4, 0.5) is 5.69 Å². The molecule has 174 valence electrons. The zero-order valence-corrected chi connectivity index (χ0v) is 22.1. The summed E-state index contributed by atoms with van der Waals surface area (Å²) in [6.07, 6.45) is 0.945. The molecular weight excluding hydrogens is 565 g/mol. The molecule has 0 aliphatic rings. The number of anilines is 1. The first-order chi connectivity index (χ1) is 14.8. The molecule has 0 heterocycles. The predicted molar refractivity (Wildman–Crippen MR) is 132 cm³/mol. The zero-order chi connectivity index (χ0) is 24.2. The van der Waals surface area contributed by atoms with Crippen LogP contribution >= 0.6 is 50.7 Å². The maximum absolute atomic E-state index is 13.3. The molecule has 1 atom stereocenters. The maximum atomic E-state index is 13.3. The normalized spacial score (nSPS) is 12.2. The predicted octanol–water partition coefficient (Wildman–Crippen LogP) is 4.34. The number of sulfonamides is 1. The molecule has 7 nitrogen and oxygen atoms in total. The fourth-order valence-electron chi connectivity index (χ4n) is 2.88. The van der Waals surface area contributed by atoms with Crippen molar-refractivity contribution in [1.29, 1.82) is 0 Å². The SMILES string of the molecule is CNC(=O)[C@H](C)N(Cc1ccc(Br)cc1)C(=O)CN(c1cc(Cl)c(Cl)cc1Cl)S(C)(=O)=O. The summed E-state index contributed by atoms with van der Waals surface area (Å²) in [4.78, 5) is 26.9. The molecule has 0 radical (unpaired) electrons. The smallest absolute Gasteiger partial charge is 0.244 e. The number of nitrogens with zero attached hydrogens (tertiary/aromatic N) is 2. The van der Waals surface area contributed by atoms with Crippen molar-refractivity contribution >= 4 is 78.3 Å². The van der Waals surface area contributed by atoms with Gasteiger partial charge in [-0.25, -0.2) is 8.42 Å². The van der Waals surface area contributed by atoms with Crippen molar-refractivity contribution in [2.75, 3.05) is 24.2 Å². The molecule has 2 aromatic rings. The van der Waals surface area contributed by atoms with Crippen molar-refractivity contribution in [3.8, 4) is 0 Å². The van der Waals surface area contributed by atoms with E-state index in [9.17, 15) is 18.0 Å². The van der Waals surface area contributed by atoms with Gasteiger partial charge in [0.2, 0.25) is 21.8 Å². The molecule has 0 aliphatic carbocycles. The van der Waals surface area contributed by atoms with Gasteiger partial charge in [-0.3, -0.25) is 13.9 Å². The molecule has 0 aromatic heterocycles. The van der Waals surface area contributed by atoms with Crippen LogP contribution < -0.4 is 9.62 Å². The lowest BCUT2D eigenvalue weighted by Gasteiger charge is -2.31. The second-order valence-corrected chi connectivity index (χ2v) is 11.0. The second-order valence-electron chi connectivity index (χ2n) is 6.93. The Morgan fingerprint density at radius 2 is 1.62 bits per heavy atom. The first-order valence-corrected chi connectivity index (χ1v) is 13.0. The van der Waals surface area contributed by atoms with E-state index in [1.165, 1.54) is 24.1 Å². The van der Waals surface area contributed by atoms with Crippen LogP contribution in [-0.4, -0.2) is 51.0 Å². The van der Waals surface area contributed by atoms with Crippen LogP contribution in [0.2, 0.25) is 15.1 Å². The highest BCUT2D eigenvalue weighted by Gasteiger charge is 2.30. The lowest BCUT2D eigenvalue weighted by Crippen LogP contribution is -2.50. The van der Waals surface area contributed by atoms with Gasteiger partial charge in [-0.1, -0.05) is 62.9 Å². The Labute approximate surface area is 210 Å². The molecule has 1 N–H and O–H groups in total. The van der Waals surface area contributed by atoms with E-state index in [0.717, 1.165) is 20.6 Å². The Balaban J connectivity index is 2.44. The summed E-state index contributed by atoms with van der Waals surface area (Å²) in [5, 5.41) is 2.74. The molecule has 0 spiro atoms. The van der Waals surface area contributed by atoms with Crippen LogP contribution in [0, 0.1) is 0 Å². The standard InChI is InChI=1S/C20H21BrCl3N3O4S/c1-12(20(29)25-2)26(10-13-4-6-14(21)7-5-13)19(28)11-27(32(3,30)31)18-9-16(23)15(22)8-17(18)24/h4-9,12H,10-11H2,1-3H3,(H,25,29)/t12-/m0/s1. The third-order valence-electron chi connectivity index (χ3n) is 4.62. The molecule has 0 aliphatic heterocycles. The number of rotatable bonds is 8. The summed E-state index contributed by atoms with van der Waals surface area (Å²) in [6, 6.07) is 8.93. The van der Waals surface area contributed by atoms with E-state index in [0.29, 0.717) is 0 Å². The number of carbonyl (C=O) groups is 2. The van der Waals surface area contributed by atoms with Crippen molar-refractivity contribution in [3.05, 3.63) is 61.5 Å². The highest BCUT2D eigenvalue weighted by atomic mass is 79.9. The van der Waals surface area contributed by atoms with Gasteiger partial charge in [0.05, 0.1) is 27.0 Å². The van der Waals surface area contributed by atoms with Gasteiger partial charge in [0, 0.05) is 18.1 Å². The summed E-state index contributed by atoms with van der Waals surface area (Å²) in [6.45, 7) is 1.06. The number of likely N-dealkylation sites (N-methyl/N-ethyl adjacent to an activating group) is 1. The topological polar surface area (TPSA) is 86.8 Å². The summed E-state index contributed by atoms with van der Waals surface area (Å²) >= 11 is 21.5. The van der Waals surface area contributed by atoms with E-state index < -0.39 is 34.4 Å². The lowest BCUT2D eigenvalue weighted by molar-refractivity contribution is -0.139. The highest BCUT2D eigenvalue weighted by Crippen LogP contribution is 2.35. The van der Waals surface area contributed by atoms with Gasteiger partial charge in [-0.05, 0) is 36.8 Å². The van der Waals surface area contributed by atoms with Gasteiger partial charge < -0.3 is 10.2 Å². The van der Waals surface area contributed by atoms with Gasteiger partial charge >= 0.3 is 0 Å². The fourth-order valence-corrected chi connectivity index (χ4v) is 4.69. The molecular formula is C20H21BrCl3N3O4S. The molecule has 2 amide bonds. The Morgan fingerprint density at radius 1 is 1.06 bits per heavy atom. The van der Waals surface area contributed by atoms with Gasteiger partial charge in [-0.2, -0.15) is 0 Å². The number of halogens is 4. The van der Waals surface area contributed by atoms with E-state index in [1.807, 2.05) is 0 Å². The highest BCUT2D eigenvalue weighted by molar-refractivity contribution is 9.10. The number of nitrogens with one attached hydrogen (secondary N) is 1. The van der Waals surface area contributed by atoms with Crippen LogP contribution in [0.1, 0.15) is 12.5 Å². The Bertz CT molecular complexity index is 1110. The molecule has 2 rings (SSSR count). The number of benzene rings is 2. The van der Waals surface area contributed by atoms with Crippen molar-refractivity contribution < 1.29 is 18.0 Å². The van der Waals surface area contributed by atoms with Crippen molar-refractivity contribution in [1.82, 2.24) is 10.2 Å². The third-order valence-corrected chi connectivity index (χ3v) is 7.30. The van der Waals surface area contributed by atoms with Crippen molar-refractivity contribution in [2.45, 2.75) is 19.5 Å². The van der Waals surface area contributed by atoms with Gasteiger partial charge in [0.1, 0.15) is 12.6 Å². The minimum absolute atomic E-state index is 0.00750. The first-order valence-electron chi connectivity index (χ1n) is 9.23. The van der Waals surface area contributed by atoms with Crippen LogP contribution in [0.5, 0.6) is 0 Å². The Kier molecular flexibility index (Phi) is 9.25. The van der Waals surface area contributed by atoms with Crippen molar-refractivity contribution in [2.24, 2.45) is 0 Å². The molecule has 0 fully saturated rings. The molecule has 12 heteroatoms. The van der Waals surface area contributed by atoms with Gasteiger partial charge in [-0.15, -0.1) is 0 Å². The molecule has 0 saturated heterocycles. The number of amides is 2. The minimum Gasteiger partial charge on any atom is -0.357 e. The average molecular weight is 586 g/mol. The van der Waals surface area contributed by atoms with E-state index in [4.69, 9.17) is 34.8 Å². The first kappa shape index (κ1) is 26.7. The molecule has 32 heavy (non-hydrogen) atoms. The summed E-state index contributed by atoms with van der Waals surface area (Å²) < 4.78 is 26.8. The molecule has 0 unspecified atom stereocenters. The largest absolute Gasteiger partial charge is 0.357 e. The summed E-state index contributed by atoms with van der Waals surface area (Å²) in [5.74, 6) is -0.995. The molecule has 0 bridgehead atoms. The van der Waals surface area contributed by atoms with Crippen LogP contribution in [0.3, 0.4) is 0 Å². The van der Waals surface area contributed by atoms with E-state index in [2.05, 4.69) is 21.2 Å². The number of hydrogen-bond donors (Lipinski definition) is 1. The van der Waals surface area contributed by atoms with E-state index in [-0.39, 0.29) is 27.3 Å². The van der Waals surface area contributed by atoms with Crippen LogP contribution in [0.15, 0.2) is 40.9 Å². The van der Waals surface area contributed by atoms with E-state index in [1.54, 1.807) is 31.2 Å². The van der Waals surface area contributed by atoms with Crippen LogP contribution in [0.25, 0.3) is 0 Å². The fraction of sp³-hybridized carbons (Fsp3) is 0.300. The minimum atomic E-state index is -3.94. The van der Waals surface area contributed by atoms with Gasteiger partial charge in [0.25, 0.3) is 0 Å². The Morgan fingerprint density at radius 3 is 2.16 bits per heavy atom. The second kappa shape index (κ2) is 11.1. The van der Waals surface area contributed by atoms with Gasteiger partial charge in [0.15, 0.2) is 0 Å². The third kappa shape index (κ3) is 6.74. The lowest BCUT2D eigenvalue weighted by atomic mass is 10.1. The number of hydrogen-bond acceptors (Lipinski definition) is 4. The zero-order valence-electron chi connectivity index (χ0n) is 17.4. The van der Waals surface area contributed by atoms with Crippen molar-refractivity contribution in [3.63, 3.8) is 0 Å². The number of carbonyl (C=O) groups excluding carboxylic acids is 2. The summed E-state index contributed by atoms with van der Waals surface area (Å²) in [5.41, 5.74) is 0.767. The quantitative estimate of drug-likeness (QED) is 0.467. The summed E-state index contributed by atoms with van der Waals surface area (Å²) in [7, 11) is -2.48. The molecule has 0 saturated carbocycles. The van der Waals surface area contributed by atoms with Crippen LogP contribution in [-0.2, 0) is 26.2 Å². The Hall–Kier alpha value is -1.52. The average Bonchev–Trinajstić information content (AvgIpc) is 2.72. The monoisotopic (exact) mass is 583 g/mol. The van der Waals surface area contributed by atoms with E-state index >= 15 is 0 Å².